The number of allylic oxidation sites excluding steroid dienone is 4. The number of aromatic nitrogens is 2. The van der Waals surface area contributed by atoms with E-state index in [4.69, 9.17) is 15.0 Å². The minimum absolute atomic E-state index is 0.00807. The first-order valence-corrected chi connectivity index (χ1v) is 10.1. The molecule has 0 amide bonds. The molecule has 1 aliphatic carbocycles. The van der Waals surface area contributed by atoms with Crippen LogP contribution < -0.4 is 5.32 Å². The maximum Gasteiger partial charge on any atom is 0.175 e. The van der Waals surface area contributed by atoms with E-state index in [-0.39, 0.29) is 12.0 Å². The van der Waals surface area contributed by atoms with E-state index in [1.54, 1.807) is 12.3 Å². The third-order valence-electron chi connectivity index (χ3n) is 5.39. The Bertz CT molecular complexity index is 1100. The molecule has 1 aliphatic heterocycles. The topological polar surface area (TPSA) is 62.5 Å². The normalized spacial score (nSPS) is 20.8. The molecule has 30 heavy (non-hydrogen) atoms. The van der Waals surface area contributed by atoms with Gasteiger partial charge in [0.1, 0.15) is 11.5 Å². The molecule has 0 radical (unpaired) electrons. The number of rotatable bonds is 4. The third-order valence-corrected chi connectivity index (χ3v) is 5.39. The van der Waals surface area contributed by atoms with Crippen LogP contribution in [0.1, 0.15) is 31.7 Å². The van der Waals surface area contributed by atoms with Crippen molar-refractivity contribution < 1.29 is 4.39 Å². The number of amidine groups is 2. The Labute approximate surface area is 175 Å². The number of nitrogens with one attached hydrogen (secondary N) is 1. The number of nitrogens with zero attached hydrogens (tertiary/aromatic N) is 4. The van der Waals surface area contributed by atoms with Crippen molar-refractivity contribution in [2.24, 2.45) is 15.9 Å². The molecule has 6 heteroatoms. The van der Waals surface area contributed by atoms with E-state index in [1.807, 2.05) is 24.3 Å². The molecule has 0 saturated heterocycles. The highest BCUT2D eigenvalue weighted by Gasteiger charge is 2.30. The minimum Gasteiger partial charge on any atom is -0.337 e. The Morgan fingerprint density at radius 2 is 2.17 bits per heavy atom. The smallest absolute Gasteiger partial charge is 0.175 e. The number of pyridine rings is 2. The summed E-state index contributed by atoms with van der Waals surface area (Å²) in [6.07, 6.45) is 10.4. The zero-order chi connectivity index (χ0) is 21.1. The van der Waals surface area contributed by atoms with Crippen molar-refractivity contribution in [1.82, 2.24) is 9.97 Å². The fourth-order valence-electron chi connectivity index (χ4n) is 3.69. The largest absolute Gasteiger partial charge is 0.337 e. The van der Waals surface area contributed by atoms with Gasteiger partial charge >= 0.3 is 0 Å². The van der Waals surface area contributed by atoms with Crippen molar-refractivity contribution in [3.05, 3.63) is 89.8 Å². The maximum atomic E-state index is 14.3. The third kappa shape index (κ3) is 3.99. The molecule has 2 unspecified atom stereocenters. The van der Waals surface area contributed by atoms with Gasteiger partial charge in [0.2, 0.25) is 0 Å². The molecule has 2 aromatic heterocycles. The van der Waals surface area contributed by atoms with Gasteiger partial charge in [0, 0.05) is 23.4 Å². The Balaban J connectivity index is 1.83. The zero-order valence-corrected chi connectivity index (χ0v) is 17.1. The Kier molecular flexibility index (Phi) is 5.65. The van der Waals surface area contributed by atoms with E-state index in [0.717, 1.165) is 29.7 Å². The first-order chi connectivity index (χ1) is 14.6. The molecule has 0 spiro atoms. The number of hydrogen-bond acceptors (Lipinski definition) is 5. The van der Waals surface area contributed by atoms with Gasteiger partial charge < -0.3 is 5.32 Å². The predicted molar refractivity (Wildman–Crippen MR) is 119 cm³/mol. The number of halogens is 1. The van der Waals surface area contributed by atoms with Gasteiger partial charge in [-0.1, -0.05) is 31.7 Å². The van der Waals surface area contributed by atoms with Crippen LogP contribution in [0.25, 0.3) is 0 Å². The van der Waals surface area contributed by atoms with Crippen LogP contribution in [0.15, 0.2) is 82.6 Å². The van der Waals surface area contributed by atoms with Gasteiger partial charge in [0.05, 0.1) is 17.9 Å². The molecule has 3 heterocycles. The standard InChI is InChI=1S/C24H24FN5/c1-4-16-9-10-18-15(3)27-24(22-8-6-7-17(5-2)28-22)30-23(19(18)13-16)29-21-11-12-26-14-20(21)25/h4,6-9,11-15,18H,1,5,10H2,2-3H3,(H,26,27,29,30). The van der Waals surface area contributed by atoms with E-state index >= 15 is 0 Å². The minimum atomic E-state index is -0.436. The number of hydrogen-bond donors (Lipinski definition) is 1. The Hall–Kier alpha value is -3.41. The molecule has 5 nitrogen and oxygen atoms in total. The molecular formula is C24H24FN5. The summed E-state index contributed by atoms with van der Waals surface area (Å²) in [5.41, 5.74) is 4.02. The van der Waals surface area contributed by atoms with Crippen LogP contribution in [0, 0.1) is 11.7 Å². The van der Waals surface area contributed by atoms with Gasteiger partial charge in [-0.2, -0.15) is 0 Å². The highest BCUT2D eigenvalue weighted by Crippen LogP contribution is 2.33. The van der Waals surface area contributed by atoms with Gasteiger partial charge in [0.25, 0.3) is 0 Å². The van der Waals surface area contributed by atoms with Crippen LogP contribution in [0.3, 0.4) is 0 Å². The molecular weight excluding hydrogens is 377 g/mol. The lowest BCUT2D eigenvalue weighted by molar-refractivity contribution is 0.528. The van der Waals surface area contributed by atoms with Crippen molar-refractivity contribution in [3.8, 4) is 0 Å². The zero-order valence-electron chi connectivity index (χ0n) is 17.1. The van der Waals surface area contributed by atoms with E-state index in [0.29, 0.717) is 23.1 Å². The van der Waals surface area contributed by atoms with E-state index in [1.165, 1.54) is 6.20 Å². The molecule has 2 aromatic rings. The van der Waals surface area contributed by atoms with Crippen LogP contribution in [0.4, 0.5) is 10.1 Å². The van der Waals surface area contributed by atoms with Crippen molar-refractivity contribution in [3.63, 3.8) is 0 Å². The maximum absolute atomic E-state index is 14.3. The molecule has 0 aromatic carbocycles. The average molecular weight is 401 g/mol. The van der Waals surface area contributed by atoms with Crippen LogP contribution in [-0.2, 0) is 6.42 Å². The molecule has 0 saturated carbocycles. The quantitative estimate of drug-likeness (QED) is 0.793. The van der Waals surface area contributed by atoms with Gasteiger partial charge in [-0.3, -0.25) is 9.98 Å². The lowest BCUT2D eigenvalue weighted by Crippen LogP contribution is -2.27. The number of aryl methyl sites for hydroxylation is 1. The van der Waals surface area contributed by atoms with Crippen LogP contribution >= 0.6 is 0 Å². The van der Waals surface area contributed by atoms with Crippen molar-refractivity contribution in [2.75, 3.05) is 5.32 Å². The Morgan fingerprint density at radius 3 is 2.93 bits per heavy atom. The summed E-state index contributed by atoms with van der Waals surface area (Å²) >= 11 is 0. The van der Waals surface area contributed by atoms with Crippen molar-refractivity contribution >= 4 is 17.4 Å². The summed E-state index contributed by atoms with van der Waals surface area (Å²) in [6, 6.07) is 7.46. The van der Waals surface area contributed by atoms with Crippen LogP contribution in [0.5, 0.6) is 0 Å². The second-order valence-corrected chi connectivity index (χ2v) is 7.35. The first-order valence-electron chi connectivity index (χ1n) is 10.1. The van der Waals surface area contributed by atoms with Crippen LogP contribution in [0.2, 0.25) is 0 Å². The molecule has 1 N–H and O–H groups in total. The van der Waals surface area contributed by atoms with Crippen LogP contribution in [-0.4, -0.2) is 27.7 Å². The molecule has 152 valence electrons. The van der Waals surface area contributed by atoms with Gasteiger partial charge in [0.15, 0.2) is 11.7 Å². The van der Waals surface area contributed by atoms with Gasteiger partial charge in [-0.05, 0) is 49.6 Å². The van der Waals surface area contributed by atoms with E-state index in [9.17, 15) is 4.39 Å². The summed E-state index contributed by atoms with van der Waals surface area (Å²) in [5.74, 6) is 0.806. The number of aliphatic imine (C=N–C) groups is 2. The average Bonchev–Trinajstić information content (AvgIpc) is 2.91. The highest BCUT2D eigenvalue weighted by molar-refractivity contribution is 6.17. The second-order valence-electron chi connectivity index (χ2n) is 7.35. The number of fused-ring (bicyclic) bond motifs is 1. The molecule has 2 atom stereocenters. The first kappa shape index (κ1) is 19.9. The molecule has 0 bridgehead atoms. The summed E-state index contributed by atoms with van der Waals surface area (Å²) in [5, 5.41) is 3.18. The van der Waals surface area contributed by atoms with E-state index < -0.39 is 5.82 Å². The summed E-state index contributed by atoms with van der Waals surface area (Å²) in [6.45, 7) is 8.04. The van der Waals surface area contributed by atoms with Gasteiger partial charge in [-0.25, -0.2) is 14.4 Å². The summed E-state index contributed by atoms with van der Waals surface area (Å²) < 4.78 is 14.3. The lowest BCUT2D eigenvalue weighted by Gasteiger charge is -2.26. The molecule has 2 aliphatic rings. The second kappa shape index (κ2) is 8.53. The fourth-order valence-corrected chi connectivity index (χ4v) is 3.69. The SMILES string of the molecule is C=CC1=CCC2C(=C1)C(Nc1ccncc1F)=NC(c1cccc(CC)n1)=NC2C. The molecule has 4 rings (SSSR count). The molecule has 0 fully saturated rings. The predicted octanol–water partition coefficient (Wildman–Crippen LogP) is 4.90. The van der Waals surface area contributed by atoms with Crippen molar-refractivity contribution in [2.45, 2.75) is 32.7 Å². The van der Waals surface area contributed by atoms with E-state index in [2.05, 4.69) is 42.9 Å². The Morgan fingerprint density at radius 1 is 1.30 bits per heavy atom. The van der Waals surface area contributed by atoms with Gasteiger partial charge in [-0.15, -0.1) is 0 Å². The lowest BCUT2D eigenvalue weighted by atomic mass is 9.83. The number of anilines is 1. The fraction of sp³-hybridized carbons (Fsp3) is 0.250. The van der Waals surface area contributed by atoms with Crippen molar-refractivity contribution in [1.29, 1.82) is 0 Å². The summed E-state index contributed by atoms with van der Waals surface area (Å²) in [4.78, 5) is 18.3. The summed E-state index contributed by atoms with van der Waals surface area (Å²) in [7, 11) is 0. The highest BCUT2D eigenvalue weighted by atomic mass is 19.1. The monoisotopic (exact) mass is 401 g/mol.